The Morgan fingerprint density at radius 2 is 2.11 bits per heavy atom. The van der Waals surface area contributed by atoms with E-state index in [9.17, 15) is 0 Å². The minimum atomic E-state index is -0.975. The fraction of sp³-hybridized carbons (Fsp3) is 0.462. The van der Waals surface area contributed by atoms with Crippen LogP contribution < -0.4 is 5.73 Å². The van der Waals surface area contributed by atoms with Gasteiger partial charge in [0.15, 0.2) is 22.5 Å². The van der Waals surface area contributed by atoms with Gasteiger partial charge in [-0.2, -0.15) is 10.0 Å². The lowest BCUT2D eigenvalue weighted by Gasteiger charge is -2.19. The molecule has 0 amide bonds. The number of nitrogens with two attached hydrogens (primary N) is 1. The number of aryl methyl sites for hydroxylation is 1. The summed E-state index contributed by atoms with van der Waals surface area (Å²) in [6, 6.07) is 0. The van der Waals surface area contributed by atoms with Gasteiger partial charge in [-0.05, 0) is 25.2 Å². The smallest absolute Gasteiger partial charge is 0.172 e. The van der Waals surface area contributed by atoms with Crippen LogP contribution in [-0.2, 0) is 6.54 Å². The van der Waals surface area contributed by atoms with Crippen LogP contribution in [0.1, 0.15) is 12.8 Å². The van der Waals surface area contributed by atoms with Crippen LogP contribution in [0.4, 0.5) is 5.82 Å². The fourth-order valence-electron chi connectivity index (χ4n) is 1.72. The van der Waals surface area contributed by atoms with Crippen molar-refractivity contribution in [3.05, 3.63) is 6.33 Å². The van der Waals surface area contributed by atoms with Crippen LogP contribution in [0.25, 0.3) is 11.5 Å². The minimum Gasteiger partial charge on any atom is -0.382 e. The second-order valence-corrected chi connectivity index (χ2v) is 9.19. The van der Waals surface area contributed by atoms with Crippen LogP contribution in [0.5, 0.6) is 0 Å². The molecule has 0 unspecified atom stereocenters. The predicted octanol–water partition coefficient (Wildman–Crippen LogP) is 1.83. The van der Waals surface area contributed by atoms with Crippen molar-refractivity contribution in [2.75, 3.05) is 24.5 Å². The molecule has 102 valence electrons. The molecule has 0 bridgehead atoms. The first-order valence-corrected chi connectivity index (χ1v) is 8.89. The number of hydrogen-bond acceptors (Lipinski definition) is 4. The van der Waals surface area contributed by atoms with Crippen LogP contribution in [0, 0.1) is 12.3 Å². The molecule has 2 heterocycles. The Hall–Kier alpha value is -1.74. The summed E-state index contributed by atoms with van der Waals surface area (Å²) >= 11 is 0. The van der Waals surface area contributed by atoms with E-state index in [4.69, 9.17) is 12.2 Å². The van der Waals surface area contributed by atoms with Crippen molar-refractivity contribution in [2.24, 2.45) is 0 Å². The van der Waals surface area contributed by atoms with E-state index in [1.54, 1.807) is 6.33 Å². The zero-order valence-electron chi connectivity index (χ0n) is 11.6. The number of nitrogens with zero attached hydrogens (tertiary/aromatic N) is 4. The quantitative estimate of drug-likeness (QED) is 0.683. The molecule has 0 spiro atoms. The molecule has 0 aromatic carbocycles. The van der Waals surface area contributed by atoms with E-state index in [0.29, 0.717) is 11.5 Å². The van der Waals surface area contributed by atoms with E-state index in [2.05, 4.69) is 39.6 Å². The zero-order valence-corrected chi connectivity index (χ0v) is 12.4. The number of fused-ring (bicyclic) bond motifs is 1. The molecule has 0 fully saturated rings. The Bertz CT molecular complexity index is 590. The molecule has 0 saturated carbocycles. The first-order valence-electron chi connectivity index (χ1n) is 6.03. The summed E-state index contributed by atoms with van der Waals surface area (Å²) in [7, 11) is -0.975. The number of hydrogen-bond donors (Lipinski definition) is 1. The number of imidazole rings is 1. The van der Waals surface area contributed by atoms with Gasteiger partial charge in [0.25, 0.3) is 0 Å². The fourth-order valence-corrected chi connectivity index (χ4v) is 2.45. The van der Waals surface area contributed by atoms with Gasteiger partial charge in [0.1, 0.15) is 0 Å². The van der Waals surface area contributed by atoms with Crippen molar-refractivity contribution in [1.82, 2.24) is 19.5 Å². The molecule has 2 N–H and O–H groups in total. The molecule has 2 rings (SSSR count). The molecule has 2 aliphatic heterocycles. The van der Waals surface area contributed by atoms with Crippen molar-refractivity contribution in [3.63, 3.8) is 0 Å². The van der Waals surface area contributed by atoms with E-state index >= 15 is 0 Å². The summed E-state index contributed by atoms with van der Waals surface area (Å²) in [4.78, 5) is 13.4. The lowest BCUT2D eigenvalue weighted by Crippen LogP contribution is -2.08. The highest BCUT2D eigenvalue weighted by Crippen LogP contribution is 2.44. The van der Waals surface area contributed by atoms with Gasteiger partial charge in [0.05, 0.1) is 6.33 Å². The minimum absolute atomic E-state index is 0.436. The molecule has 0 aliphatic carbocycles. The van der Waals surface area contributed by atoms with Crippen LogP contribution in [-0.4, -0.2) is 38.3 Å². The molecule has 19 heavy (non-hydrogen) atoms. The van der Waals surface area contributed by atoms with Crippen molar-refractivity contribution < 1.29 is 0 Å². The van der Waals surface area contributed by atoms with E-state index in [1.165, 1.54) is 0 Å². The number of nitrogen functional groups attached to an aromatic ring is 1. The summed E-state index contributed by atoms with van der Waals surface area (Å²) in [5.41, 5.74) is 6.58. The van der Waals surface area contributed by atoms with Crippen molar-refractivity contribution >= 4 is 15.8 Å². The van der Waals surface area contributed by atoms with Crippen molar-refractivity contribution in [1.29, 1.82) is 0 Å². The molecular formula is C13H19N5S. The number of anilines is 1. The number of rotatable bonds is 4. The Kier molecular flexibility index (Phi) is 3.67. The lowest BCUT2D eigenvalue weighted by molar-refractivity contribution is 0.638. The highest BCUT2D eigenvalue weighted by atomic mass is 32.3. The van der Waals surface area contributed by atoms with Gasteiger partial charge in [-0.25, -0.2) is 15.0 Å². The first-order chi connectivity index (χ1) is 8.93. The Balaban J connectivity index is 2.42. The highest BCUT2D eigenvalue weighted by Gasteiger charge is 2.22. The average Bonchev–Trinajstić information content (AvgIpc) is 2.78. The normalized spacial score (nSPS) is 12.5. The standard InChI is InChI=1S/C13H19N5S/c1-5-6-7-8-18-9-15-11(14)10-12(18)17-13(16-10)19(2,3)4/h1,9H,6-8,14H2,2-4H3. The molecule has 0 aromatic heterocycles. The molecule has 0 radical (unpaired) electrons. The summed E-state index contributed by atoms with van der Waals surface area (Å²) < 4.78 is 1.98. The third kappa shape index (κ3) is 2.82. The van der Waals surface area contributed by atoms with Crippen LogP contribution in [0.15, 0.2) is 11.5 Å². The monoisotopic (exact) mass is 277 g/mol. The van der Waals surface area contributed by atoms with Gasteiger partial charge in [0.2, 0.25) is 0 Å². The van der Waals surface area contributed by atoms with Gasteiger partial charge < -0.3 is 10.3 Å². The number of terminal acetylenes is 1. The third-order valence-electron chi connectivity index (χ3n) is 2.74. The SMILES string of the molecule is C#CCCCn1cnc(N)c2nc(S(C)(C)C)nc1-2. The topological polar surface area (TPSA) is 69.6 Å². The Morgan fingerprint density at radius 3 is 2.74 bits per heavy atom. The van der Waals surface area contributed by atoms with E-state index in [-0.39, 0.29) is 0 Å². The second-order valence-electron chi connectivity index (χ2n) is 5.15. The van der Waals surface area contributed by atoms with Crippen LogP contribution in [0.3, 0.4) is 0 Å². The largest absolute Gasteiger partial charge is 0.382 e. The maximum absolute atomic E-state index is 5.89. The molecule has 0 aromatic rings. The maximum atomic E-state index is 5.89. The van der Waals surface area contributed by atoms with Crippen LogP contribution in [0.2, 0.25) is 0 Å². The first kappa shape index (κ1) is 13.7. The molecule has 2 aliphatic rings. The molecule has 6 heteroatoms. The van der Waals surface area contributed by atoms with E-state index in [1.807, 2.05) is 4.57 Å². The van der Waals surface area contributed by atoms with Gasteiger partial charge in [-0.1, -0.05) is 0 Å². The highest BCUT2D eigenvalue weighted by molar-refractivity contribution is 8.32. The molecule has 0 atom stereocenters. The Labute approximate surface area is 115 Å². The Morgan fingerprint density at radius 1 is 1.37 bits per heavy atom. The molecule has 5 nitrogen and oxygen atoms in total. The zero-order chi connectivity index (χ0) is 14.0. The molecule has 0 saturated heterocycles. The maximum Gasteiger partial charge on any atom is 0.172 e. The summed E-state index contributed by atoms with van der Waals surface area (Å²) in [5, 5.41) is 0.868. The summed E-state index contributed by atoms with van der Waals surface area (Å²) in [6.07, 6.45) is 15.1. The van der Waals surface area contributed by atoms with Crippen molar-refractivity contribution in [3.8, 4) is 23.9 Å². The van der Waals surface area contributed by atoms with Crippen LogP contribution >= 0.6 is 10.0 Å². The number of unbranched alkanes of at least 4 members (excludes halogenated alkanes) is 1. The van der Waals surface area contributed by atoms with Gasteiger partial charge in [-0.3, -0.25) is 0 Å². The van der Waals surface area contributed by atoms with Gasteiger partial charge >= 0.3 is 0 Å². The lowest BCUT2D eigenvalue weighted by atomic mass is 10.3. The predicted molar refractivity (Wildman–Crippen MR) is 80.5 cm³/mol. The van der Waals surface area contributed by atoms with Gasteiger partial charge in [0, 0.05) is 13.0 Å². The third-order valence-corrected chi connectivity index (χ3v) is 4.02. The van der Waals surface area contributed by atoms with Gasteiger partial charge in [-0.15, -0.1) is 12.3 Å². The summed E-state index contributed by atoms with van der Waals surface area (Å²) in [6.45, 7) is 0.783. The van der Waals surface area contributed by atoms with E-state index < -0.39 is 10.0 Å². The molecular weight excluding hydrogens is 258 g/mol. The second kappa shape index (κ2) is 5.10. The summed E-state index contributed by atoms with van der Waals surface area (Å²) in [5.74, 6) is 3.88. The number of aromatic nitrogens is 4. The van der Waals surface area contributed by atoms with E-state index in [0.717, 1.165) is 30.4 Å². The van der Waals surface area contributed by atoms with Crippen molar-refractivity contribution in [2.45, 2.75) is 24.5 Å². The average molecular weight is 277 g/mol.